The molecule has 1 heterocycles. The van der Waals surface area contributed by atoms with Crippen molar-refractivity contribution in [2.75, 3.05) is 5.32 Å². The molecule has 6 nitrogen and oxygen atoms in total. The van der Waals surface area contributed by atoms with E-state index in [4.69, 9.17) is 0 Å². The number of nitrogens with one attached hydrogen (secondary N) is 3. The second-order valence-electron chi connectivity index (χ2n) is 6.33. The van der Waals surface area contributed by atoms with Gasteiger partial charge < -0.3 is 5.32 Å². The van der Waals surface area contributed by atoms with Crippen LogP contribution in [0.3, 0.4) is 0 Å². The number of hydrogen-bond donors (Lipinski definition) is 3. The van der Waals surface area contributed by atoms with Crippen molar-refractivity contribution >= 4 is 35.2 Å². The van der Waals surface area contributed by atoms with Gasteiger partial charge in [-0.1, -0.05) is 18.2 Å². The van der Waals surface area contributed by atoms with Crippen LogP contribution in [-0.2, 0) is 15.8 Å². The lowest BCUT2D eigenvalue weighted by Crippen LogP contribution is -2.44. The standard InChI is InChI=1S/C19H16F3N3O3S/c1-10-4-2-3-5-12(10)17(27)25-24-16(26)9-15-18(28)23-13-8-11(19(20,21)22)6-7-14(13)29-15/h2-8,15H,9H2,1H3,(H,23,28)(H,24,26)(H,25,27). The predicted molar refractivity (Wildman–Crippen MR) is 101 cm³/mol. The van der Waals surface area contributed by atoms with Crippen molar-refractivity contribution in [3.63, 3.8) is 0 Å². The van der Waals surface area contributed by atoms with E-state index < -0.39 is 34.7 Å². The van der Waals surface area contributed by atoms with Crippen molar-refractivity contribution in [2.24, 2.45) is 0 Å². The summed E-state index contributed by atoms with van der Waals surface area (Å²) in [6.07, 6.45) is -4.78. The molecule has 0 aromatic heterocycles. The van der Waals surface area contributed by atoms with Gasteiger partial charge >= 0.3 is 6.18 Å². The molecule has 0 spiro atoms. The highest BCUT2D eigenvalue weighted by Crippen LogP contribution is 2.40. The molecule has 0 bridgehead atoms. The van der Waals surface area contributed by atoms with Gasteiger partial charge in [0, 0.05) is 16.9 Å². The third-order valence-corrected chi connectivity index (χ3v) is 5.48. The van der Waals surface area contributed by atoms with Crippen LogP contribution >= 0.6 is 11.8 Å². The summed E-state index contributed by atoms with van der Waals surface area (Å²) < 4.78 is 38.4. The number of halogens is 3. The number of carbonyl (C=O) groups is 3. The number of amides is 3. The Bertz CT molecular complexity index is 979. The van der Waals surface area contributed by atoms with Crippen molar-refractivity contribution in [1.82, 2.24) is 10.9 Å². The van der Waals surface area contributed by atoms with Gasteiger partial charge in [-0.05, 0) is 36.8 Å². The second-order valence-corrected chi connectivity index (χ2v) is 7.57. The normalized spacial score (nSPS) is 15.9. The number of rotatable bonds is 3. The van der Waals surface area contributed by atoms with Gasteiger partial charge in [0.15, 0.2) is 0 Å². The quantitative estimate of drug-likeness (QED) is 0.662. The molecule has 1 aliphatic heterocycles. The molecule has 1 unspecified atom stereocenters. The monoisotopic (exact) mass is 423 g/mol. The van der Waals surface area contributed by atoms with E-state index in [1.54, 1.807) is 31.2 Å². The minimum absolute atomic E-state index is 0.0549. The summed E-state index contributed by atoms with van der Waals surface area (Å²) in [6.45, 7) is 1.75. The van der Waals surface area contributed by atoms with Crippen molar-refractivity contribution in [2.45, 2.75) is 29.7 Å². The second kappa shape index (κ2) is 8.16. The molecule has 3 amide bonds. The Morgan fingerprint density at radius 2 is 1.86 bits per heavy atom. The maximum Gasteiger partial charge on any atom is 0.416 e. The molecule has 152 valence electrons. The highest BCUT2D eigenvalue weighted by atomic mass is 32.2. The molecule has 0 saturated heterocycles. The molecule has 10 heteroatoms. The first kappa shape index (κ1) is 20.7. The van der Waals surface area contributed by atoms with Crippen molar-refractivity contribution in [3.8, 4) is 0 Å². The van der Waals surface area contributed by atoms with Gasteiger partial charge in [0.1, 0.15) is 0 Å². The van der Waals surface area contributed by atoms with E-state index in [1.807, 2.05) is 0 Å². The number of hydrogen-bond acceptors (Lipinski definition) is 4. The molecule has 29 heavy (non-hydrogen) atoms. The molecule has 2 aromatic carbocycles. The molecule has 0 saturated carbocycles. The van der Waals surface area contributed by atoms with Gasteiger partial charge in [0.05, 0.1) is 16.5 Å². The van der Waals surface area contributed by atoms with Gasteiger partial charge in [0.2, 0.25) is 11.8 Å². The van der Waals surface area contributed by atoms with Crippen molar-refractivity contribution in [3.05, 3.63) is 59.2 Å². The number of hydrazine groups is 1. The number of fused-ring (bicyclic) bond motifs is 1. The topological polar surface area (TPSA) is 87.3 Å². The van der Waals surface area contributed by atoms with Gasteiger partial charge in [0.25, 0.3) is 5.91 Å². The van der Waals surface area contributed by atoms with E-state index in [2.05, 4.69) is 16.2 Å². The van der Waals surface area contributed by atoms with Gasteiger partial charge in [-0.25, -0.2) is 0 Å². The number of alkyl halides is 3. The summed E-state index contributed by atoms with van der Waals surface area (Å²) in [5.74, 6) is -1.68. The van der Waals surface area contributed by atoms with Crippen LogP contribution in [0.25, 0.3) is 0 Å². The third kappa shape index (κ3) is 4.89. The van der Waals surface area contributed by atoms with Crippen LogP contribution in [0.2, 0.25) is 0 Å². The number of carbonyl (C=O) groups excluding carboxylic acids is 3. The third-order valence-electron chi connectivity index (χ3n) is 4.20. The first-order valence-electron chi connectivity index (χ1n) is 8.49. The Morgan fingerprint density at radius 1 is 1.14 bits per heavy atom. The Morgan fingerprint density at radius 3 is 2.55 bits per heavy atom. The highest BCUT2D eigenvalue weighted by Gasteiger charge is 2.34. The van der Waals surface area contributed by atoms with E-state index in [1.165, 1.54) is 6.07 Å². The van der Waals surface area contributed by atoms with Crippen LogP contribution in [0.1, 0.15) is 27.9 Å². The van der Waals surface area contributed by atoms with Gasteiger partial charge in [-0.3, -0.25) is 25.2 Å². The number of thioether (sulfide) groups is 1. The molecule has 2 aromatic rings. The van der Waals surface area contributed by atoms with Crippen LogP contribution in [0.15, 0.2) is 47.4 Å². The summed E-state index contributed by atoms with van der Waals surface area (Å²) in [5.41, 5.74) is 4.85. The van der Waals surface area contributed by atoms with E-state index in [0.29, 0.717) is 10.5 Å². The van der Waals surface area contributed by atoms with Crippen LogP contribution in [0.5, 0.6) is 0 Å². The van der Waals surface area contributed by atoms with Crippen molar-refractivity contribution < 1.29 is 27.6 Å². The summed E-state index contributed by atoms with van der Waals surface area (Å²) in [6, 6.07) is 9.86. The average molecular weight is 423 g/mol. The summed E-state index contributed by atoms with van der Waals surface area (Å²) in [5, 5.41) is 1.56. The smallest absolute Gasteiger partial charge is 0.324 e. The molecule has 0 aliphatic carbocycles. The number of benzene rings is 2. The lowest BCUT2D eigenvalue weighted by Gasteiger charge is -2.24. The lowest BCUT2D eigenvalue weighted by molar-refractivity contribution is -0.137. The summed E-state index contributed by atoms with van der Waals surface area (Å²) in [4.78, 5) is 36.8. The molecule has 1 atom stereocenters. The Hall–Kier alpha value is -3.01. The summed E-state index contributed by atoms with van der Waals surface area (Å²) in [7, 11) is 0. The Kier molecular flexibility index (Phi) is 5.83. The number of aryl methyl sites for hydroxylation is 1. The predicted octanol–water partition coefficient (Wildman–Crippen LogP) is 3.28. The zero-order valence-corrected chi connectivity index (χ0v) is 15.9. The molecular formula is C19H16F3N3O3S. The molecule has 3 N–H and O–H groups in total. The zero-order chi connectivity index (χ0) is 21.2. The fourth-order valence-electron chi connectivity index (χ4n) is 2.70. The van der Waals surface area contributed by atoms with Crippen molar-refractivity contribution in [1.29, 1.82) is 0 Å². The molecule has 3 rings (SSSR count). The van der Waals surface area contributed by atoms with Gasteiger partial charge in [-0.15, -0.1) is 11.8 Å². The number of anilines is 1. The van der Waals surface area contributed by atoms with Crippen LogP contribution in [0, 0.1) is 6.92 Å². The van der Waals surface area contributed by atoms with Crippen LogP contribution in [-0.4, -0.2) is 23.0 Å². The van der Waals surface area contributed by atoms with E-state index in [-0.39, 0.29) is 12.1 Å². The highest BCUT2D eigenvalue weighted by molar-refractivity contribution is 8.01. The maximum atomic E-state index is 12.8. The molecular weight excluding hydrogens is 407 g/mol. The van der Waals surface area contributed by atoms with Crippen LogP contribution < -0.4 is 16.2 Å². The largest absolute Gasteiger partial charge is 0.416 e. The zero-order valence-electron chi connectivity index (χ0n) is 15.1. The fraction of sp³-hybridized carbons (Fsp3) is 0.211. The van der Waals surface area contributed by atoms with E-state index in [9.17, 15) is 27.6 Å². The first-order chi connectivity index (χ1) is 13.6. The Balaban J connectivity index is 1.59. The minimum atomic E-state index is -4.52. The lowest BCUT2D eigenvalue weighted by atomic mass is 10.1. The first-order valence-corrected chi connectivity index (χ1v) is 9.36. The minimum Gasteiger partial charge on any atom is -0.324 e. The van der Waals surface area contributed by atoms with Crippen LogP contribution in [0.4, 0.5) is 18.9 Å². The van der Waals surface area contributed by atoms with E-state index >= 15 is 0 Å². The summed E-state index contributed by atoms with van der Waals surface area (Å²) >= 11 is 0.993. The molecule has 0 radical (unpaired) electrons. The fourth-order valence-corrected chi connectivity index (χ4v) is 3.79. The Labute approximate surface area is 168 Å². The maximum absolute atomic E-state index is 12.8. The van der Waals surface area contributed by atoms with Gasteiger partial charge in [-0.2, -0.15) is 13.2 Å². The average Bonchev–Trinajstić information content (AvgIpc) is 2.66. The molecule has 0 fully saturated rings. The molecule has 1 aliphatic rings. The van der Waals surface area contributed by atoms with E-state index in [0.717, 1.165) is 29.5 Å². The SMILES string of the molecule is Cc1ccccc1C(=O)NNC(=O)CC1Sc2ccc(C(F)(F)F)cc2NC1=O.